The summed E-state index contributed by atoms with van der Waals surface area (Å²) in [6.07, 6.45) is 1.65. The minimum atomic E-state index is -0.708. The normalized spacial score (nSPS) is 14.5. The molecule has 1 aromatic heterocycles. The van der Waals surface area contributed by atoms with Gasteiger partial charge in [-0.05, 0) is 36.8 Å². The van der Waals surface area contributed by atoms with Crippen molar-refractivity contribution in [3.63, 3.8) is 0 Å². The number of halogens is 1. The fourth-order valence-electron chi connectivity index (χ4n) is 4.37. The zero-order valence-corrected chi connectivity index (χ0v) is 19.5. The first-order valence-corrected chi connectivity index (χ1v) is 11.4. The van der Waals surface area contributed by atoms with Crippen LogP contribution in [0.25, 0.3) is 17.0 Å². The van der Waals surface area contributed by atoms with Gasteiger partial charge in [-0.15, -0.1) is 0 Å². The minimum Gasteiger partial charge on any atom is -0.340 e. The highest BCUT2D eigenvalue weighted by molar-refractivity contribution is 6.16. The third-order valence-corrected chi connectivity index (χ3v) is 6.16. The number of nitrogens with zero attached hydrogens (tertiary/aromatic N) is 2. The molecule has 1 aliphatic rings. The first kappa shape index (κ1) is 23.0. The molecular weight excluding hydrogens is 459 g/mol. The van der Waals surface area contributed by atoms with Crippen molar-refractivity contribution >= 4 is 40.5 Å². The Balaban J connectivity index is 1.42. The number of urea groups is 1. The van der Waals surface area contributed by atoms with E-state index in [0.29, 0.717) is 6.54 Å². The molecule has 3 aromatic carbocycles. The third-order valence-electron chi connectivity index (χ3n) is 6.16. The number of carbonyl (C=O) groups excluding carboxylic acids is 3. The number of aromatic nitrogens is 1. The molecule has 1 fully saturated rings. The van der Waals surface area contributed by atoms with E-state index < -0.39 is 30.2 Å². The second-order valence-electron chi connectivity index (χ2n) is 8.50. The molecular formula is C28H23FN4O3. The largest absolute Gasteiger partial charge is 0.340 e. The van der Waals surface area contributed by atoms with Gasteiger partial charge < -0.3 is 15.2 Å². The lowest BCUT2D eigenvalue weighted by Gasteiger charge is -2.12. The summed E-state index contributed by atoms with van der Waals surface area (Å²) >= 11 is 0. The number of carbonyl (C=O) groups is 3. The first-order valence-electron chi connectivity index (χ1n) is 11.4. The lowest BCUT2D eigenvalue weighted by Crippen LogP contribution is -2.38. The van der Waals surface area contributed by atoms with Gasteiger partial charge in [-0.2, -0.15) is 0 Å². The predicted octanol–water partition coefficient (Wildman–Crippen LogP) is 4.67. The van der Waals surface area contributed by atoms with Crippen LogP contribution in [-0.2, 0) is 16.1 Å². The average Bonchev–Trinajstić information content (AvgIpc) is 3.29. The number of fused-ring (bicyclic) bond motifs is 1. The Bertz CT molecular complexity index is 1520. The molecule has 36 heavy (non-hydrogen) atoms. The third kappa shape index (κ3) is 4.36. The molecule has 2 N–H and O–H groups in total. The van der Waals surface area contributed by atoms with Gasteiger partial charge in [0, 0.05) is 28.7 Å². The molecule has 4 amide bonds. The van der Waals surface area contributed by atoms with Crippen LogP contribution < -0.4 is 10.6 Å². The van der Waals surface area contributed by atoms with E-state index in [4.69, 9.17) is 0 Å². The molecule has 1 aliphatic heterocycles. The fourth-order valence-corrected chi connectivity index (χ4v) is 4.37. The van der Waals surface area contributed by atoms with Crippen LogP contribution in [0.3, 0.4) is 0 Å². The van der Waals surface area contributed by atoms with Gasteiger partial charge in [-0.1, -0.05) is 60.7 Å². The quantitative estimate of drug-likeness (QED) is 0.310. The Morgan fingerprint density at radius 3 is 2.44 bits per heavy atom. The van der Waals surface area contributed by atoms with Crippen molar-refractivity contribution in [2.45, 2.75) is 13.5 Å². The van der Waals surface area contributed by atoms with Crippen LogP contribution in [0, 0.1) is 12.7 Å². The molecule has 4 aromatic rings. The van der Waals surface area contributed by atoms with Crippen LogP contribution in [0.4, 0.5) is 14.9 Å². The zero-order valence-electron chi connectivity index (χ0n) is 19.5. The minimum absolute atomic E-state index is 0.0211. The first-order chi connectivity index (χ1) is 17.4. The van der Waals surface area contributed by atoms with Crippen LogP contribution >= 0.6 is 0 Å². The highest BCUT2D eigenvalue weighted by atomic mass is 19.1. The van der Waals surface area contributed by atoms with E-state index in [1.54, 1.807) is 12.1 Å². The van der Waals surface area contributed by atoms with Crippen LogP contribution in [0.5, 0.6) is 0 Å². The molecule has 0 spiro atoms. The summed E-state index contributed by atoms with van der Waals surface area (Å²) in [7, 11) is 0. The van der Waals surface area contributed by atoms with Gasteiger partial charge in [0.25, 0.3) is 5.91 Å². The molecule has 5 rings (SSSR count). The maximum atomic E-state index is 13.8. The molecule has 0 atom stereocenters. The van der Waals surface area contributed by atoms with Gasteiger partial charge in [-0.25, -0.2) is 14.1 Å². The van der Waals surface area contributed by atoms with Gasteiger partial charge >= 0.3 is 6.03 Å². The van der Waals surface area contributed by atoms with Crippen LogP contribution in [0.15, 0.2) is 84.6 Å². The Hall–Kier alpha value is -4.72. The number of hydrogen-bond donors (Lipinski definition) is 2. The summed E-state index contributed by atoms with van der Waals surface area (Å²) in [6.45, 7) is 2.08. The molecule has 7 nitrogen and oxygen atoms in total. The van der Waals surface area contributed by atoms with Gasteiger partial charge in [0.1, 0.15) is 18.1 Å². The van der Waals surface area contributed by atoms with E-state index in [1.807, 2.05) is 49.4 Å². The number of nitrogens with one attached hydrogen (secondary N) is 2. The second-order valence-corrected chi connectivity index (χ2v) is 8.50. The highest BCUT2D eigenvalue weighted by Gasteiger charge is 2.35. The summed E-state index contributed by atoms with van der Waals surface area (Å²) in [5, 5.41) is 5.90. The molecule has 1 saturated heterocycles. The molecule has 180 valence electrons. The van der Waals surface area contributed by atoms with E-state index in [1.165, 1.54) is 18.2 Å². The van der Waals surface area contributed by atoms with Crippen molar-refractivity contribution in [3.05, 3.63) is 107 Å². The van der Waals surface area contributed by atoms with Crippen LogP contribution in [-0.4, -0.2) is 33.9 Å². The van der Waals surface area contributed by atoms with E-state index >= 15 is 0 Å². The standard InChI is InChI=1S/C28H23FN4O3/c1-18-21(20-11-5-8-14-25(20)32(18)16-19-9-3-2-4-10-19)15-24-27(35)33(28(36)31-24)17-26(34)30-23-13-7-6-12-22(23)29/h2-15H,16-17H2,1H3,(H,30,34)(H,31,36)/b24-15+. The van der Waals surface area contributed by atoms with Crippen molar-refractivity contribution in [2.24, 2.45) is 0 Å². The van der Waals surface area contributed by atoms with Crippen molar-refractivity contribution in [1.29, 1.82) is 0 Å². The van der Waals surface area contributed by atoms with Crippen LogP contribution in [0.1, 0.15) is 16.8 Å². The maximum absolute atomic E-state index is 13.8. The van der Waals surface area contributed by atoms with E-state index in [2.05, 4.69) is 27.3 Å². The number of benzene rings is 3. The zero-order chi connectivity index (χ0) is 25.2. The van der Waals surface area contributed by atoms with Crippen molar-refractivity contribution in [3.8, 4) is 0 Å². The Kier molecular flexibility index (Phi) is 6.08. The number of hydrogen-bond acceptors (Lipinski definition) is 3. The number of anilines is 1. The van der Waals surface area contributed by atoms with Crippen molar-refractivity contribution < 1.29 is 18.8 Å². The predicted molar refractivity (Wildman–Crippen MR) is 135 cm³/mol. The summed E-state index contributed by atoms with van der Waals surface area (Å²) < 4.78 is 16.0. The average molecular weight is 483 g/mol. The maximum Gasteiger partial charge on any atom is 0.329 e. The number of amides is 4. The van der Waals surface area contributed by atoms with Crippen molar-refractivity contribution in [2.75, 3.05) is 11.9 Å². The lowest BCUT2D eigenvalue weighted by molar-refractivity contribution is -0.127. The molecule has 0 aliphatic carbocycles. The Morgan fingerprint density at radius 1 is 0.972 bits per heavy atom. The number of imide groups is 1. The fraction of sp³-hybridized carbons (Fsp3) is 0.107. The summed E-state index contributed by atoms with van der Waals surface area (Å²) in [5.74, 6) is -1.91. The molecule has 0 radical (unpaired) electrons. The highest BCUT2D eigenvalue weighted by Crippen LogP contribution is 2.29. The summed E-state index contributed by atoms with van der Waals surface area (Å²) in [6, 6.07) is 22.9. The Labute approximate surface area is 206 Å². The Morgan fingerprint density at radius 2 is 1.67 bits per heavy atom. The van der Waals surface area contributed by atoms with E-state index in [0.717, 1.165) is 32.6 Å². The molecule has 2 heterocycles. The number of para-hydroxylation sites is 2. The SMILES string of the molecule is Cc1c(/C=C2/NC(=O)N(CC(=O)Nc3ccccc3F)C2=O)c2ccccc2n1Cc1ccccc1. The molecule has 0 saturated carbocycles. The van der Waals surface area contributed by atoms with Gasteiger partial charge in [0.15, 0.2) is 0 Å². The molecule has 0 unspecified atom stereocenters. The summed E-state index contributed by atoms with van der Waals surface area (Å²) in [4.78, 5) is 38.8. The number of rotatable bonds is 6. The monoisotopic (exact) mass is 482 g/mol. The molecule has 0 bridgehead atoms. The van der Waals surface area contributed by atoms with E-state index in [-0.39, 0.29) is 11.4 Å². The van der Waals surface area contributed by atoms with Gasteiger partial charge in [0.2, 0.25) is 5.91 Å². The van der Waals surface area contributed by atoms with Gasteiger partial charge in [0.05, 0.1) is 5.69 Å². The van der Waals surface area contributed by atoms with Crippen molar-refractivity contribution in [1.82, 2.24) is 14.8 Å². The topological polar surface area (TPSA) is 83.4 Å². The lowest BCUT2D eigenvalue weighted by atomic mass is 10.1. The van der Waals surface area contributed by atoms with E-state index in [9.17, 15) is 18.8 Å². The van der Waals surface area contributed by atoms with Crippen LogP contribution in [0.2, 0.25) is 0 Å². The molecule has 8 heteroatoms. The van der Waals surface area contributed by atoms with Gasteiger partial charge in [-0.3, -0.25) is 9.59 Å². The summed E-state index contributed by atoms with van der Waals surface area (Å²) in [5.41, 5.74) is 3.94. The second kappa shape index (κ2) is 9.50. The smallest absolute Gasteiger partial charge is 0.329 e.